The van der Waals surface area contributed by atoms with E-state index in [2.05, 4.69) is 26.1 Å². The molecule has 144 valence electrons. The van der Waals surface area contributed by atoms with Crippen LogP contribution in [-0.2, 0) is 0 Å². The fourth-order valence-electron chi connectivity index (χ4n) is 2.68. The quantitative estimate of drug-likeness (QED) is 0.890. The normalized spacial score (nSPS) is 14.8. The third-order valence-electron chi connectivity index (χ3n) is 4.22. The fraction of sp³-hybridized carbons (Fsp3) is 0.579. The summed E-state index contributed by atoms with van der Waals surface area (Å²) in [7, 11) is 3.11. The number of urea groups is 1. The highest BCUT2D eigenvalue weighted by Gasteiger charge is 2.26. The number of piperazine rings is 1. The van der Waals surface area contributed by atoms with Crippen molar-refractivity contribution in [3.63, 3.8) is 0 Å². The molecule has 1 heterocycles. The van der Waals surface area contributed by atoms with Crippen molar-refractivity contribution in [3.8, 4) is 11.5 Å². The predicted octanol–water partition coefficient (Wildman–Crippen LogP) is 2.22. The lowest BCUT2D eigenvalue weighted by Crippen LogP contribution is -2.53. The third kappa shape index (κ3) is 5.28. The summed E-state index contributed by atoms with van der Waals surface area (Å²) in [6.45, 7) is 8.88. The van der Waals surface area contributed by atoms with Crippen molar-refractivity contribution >= 4 is 11.9 Å². The average Bonchev–Trinajstić information content (AvgIpc) is 2.64. The zero-order chi connectivity index (χ0) is 19.3. The zero-order valence-electron chi connectivity index (χ0n) is 16.3. The SMILES string of the molecule is COc1cc(OC)cc(C(=O)N2CCN(C(=O)NCC(C)(C)C)CC2)c1. The van der Waals surface area contributed by atoms with Crippen molar-refractivity contribution in [2.24, 2.45) is 5.41 Å². The van der Waals surface area contributed by atoms with E-state index in [9.17, 15) is 9.59 Å². The molecule has 26 heavy (non-hydrogen) atoms. The molecule has 0 saturated carbocycles. The van der Waals surface area contributed by atoms with Crippen LogP contribution in [0, 0.1) is 5.41 Å². The highest BCUT2D eigenvalue weighted by atomic mass is 16.5. The summed E-state index contributed by atoms with van der Waals surface area (Å²) in [5.74, 6) is 1.07. The summed E-state index contributed by atoms with van der Waals surface area (Å²) in [5, 5.41) is 2.95. The number of methoxy groups -OCH3 is 2. The smallest absolute Gasteiger partial charge is 0.317 e. The van der Waals surface area contributed by atoms with Gasteiger partial charge in [0.1, 0.15) is 11.5 Å². The highest BCUT2D eigenvalue weighted by Crippen LogP contribution is 2.23. The molecular formula is C19H29N3O4. The number of nitrogens with zero attached hydrogens (tertiary/aromatic N) is 2. The molecule has 1 aromatic rings. The molecule has 1 aliphatic rings. The van der Waals surface area contributed by atoms with Gasteiger partial charge in [0, 0.05) is 44.4 Å². The molecule has 0 spiro atoms. The van der Waals surface area contributed by atoms with Gasteiger partial charge in [-0.05, 0) is 17.5 Å². The molecule has 1 N–H and O–H groups in total. The Morgan fingerprint density at radius 3 is 1.92 bits per heavy atom. The summed E-state index contributed by atoms with van der Waals surface area (Å²) in [6, 6.07) is 5.06. The van der Waals surface area contributed by atoms with Gasteiger partial charge in [-0.1, -0.05) is 20.8 Å². The lowest BCUT2D eigenvalue weighted by Gasteiger charge is -2.35. The third-order valence-corrected chi connectivity index (χ3v) is 4.22. The number of carbonyl (C=O) groups is 2. The Morgan fingerprint density at radius 2 is 1.46 bits per heavy atom. The van der Waals surface area contributed by atoms with Crippen LogP contribution >= 0.6 is 0 Å². The number of hydrogen-bond acceptors (Lipinski definition) is 4. The van der Waals surface area contributed by atoms with Gasteiger partial charge in [-0.2, -0.15) is 0 Å². The van der Waals surface area contributed by atoms with Gasteiger partial charge in [-0.3, -0.25) is 4.79 Å². The van der Waals surface area contributed by atoms with Crippen LogP contribution in [-0.4, -0.2) is 68.7 Å². The van der Waals surface area contributed by atoms with E-state index >= 15 is 0 Å². The molecule has 1 fully saturated rings. The van der Waals surface area contributed by atoms with Gasteiger partial charge in [-0.25, -0.2) is 4.79 Å². The van der Waals surface area contributed by atoms with Crippen molar-refractivity contribution in [3.05, 3.63) is 23.8 Å². The Labute approximate surface area is 155 Å². The van der Waals surface area contributed by atoms with E-state index in [4.69, 9.17) is 9.47 Å². The molecular weight excluding hydrogens is 334 g/mol. The molecule has 0 aromatic heterocycles. The lowest BCUT2D eigenvalue weighted by molar-refractivity contribution is 0.0663. The average molecular weight is 363 g/mol. The van der Waals surface area contributed by atoms with Crippen molar-refractivity contribution in [2.75, 3.05) is 46.9 Å². The van der Waals surface area contributed by atoms with E-state index in [0.717, 1.165) is 0 Å². The number of nitrogens with one attached hydrogen (secondary N) is 1. The largest absolute Gasteiger partial charge is 0.497 e. The maximum Gasteiger partial charge on any atom is 0.317 e. The number of ether oxygens (including phenoxy) is 2. The molecule has 1 aliphatic heterocycles. The minimum atomic E-state index is -0.0862. The second-order valence-corrected chi connectivity index (χ2v) is 7.60. The van der Waals surface area contributed by atoms with Gasteiger partial charge < -0.3 is 24.6 Å². The van der Waals surface area contributed by atoms with Crippen LogP contribution in [0.5, 0.6) is 11.5 Å². The first-order valence-electron chi connectivity index (χ1n) is 8.78. The molecule has 0 radical (unpaired) electrons. The summed E-state index contributed by atoms with van der Waals surface area (Å²) in [6.07, 6.45) is 0. The molecule has 7 nitrogen and oxygen atoms in total. The van der Waals surface area contributed by atoms with Crippen LogP contribution in [0.25, 0.3) is 0 Å². The lowest BCUT2D eigenvalue weighted by atomic mass is 9.97. The molecule has 0 bridgehead atoms. The summed E-state index contributed by atoms with van der Waals surface area (Å²) in [4.78, 5) is 28.5. The molecule has 1 saturated heterocycles. The van der Waals surface area contributed by atoms with E-state index in [1.165, 1.54) is 0 Å². The first-order chi connectivity index (χ1) is 12.2. The molecule has 3 amide bonds. The van der Waals surface area contributed by atoms with Gasteiger partial charge >= 0.3 is 6.03 Å². The monoisotopic (exact) mass is 363 g/mol. The van der Waals surface area contributed by atoms with E-state index in [0.29, 0.717) is 49.8 Å². The topological polar surface area (TPSA) is 71.1 Å². The second kappa shape index (κ2) is 8.29. The zero-order valence-corrected chi connectivity index (χ0v) is 16.3. The number of rotatable bonds is 4. The Morgan fingerprint density at radius 1 is 0.962 bits per heavy atom. The van der Waals surface area contributed by atoms with Gasteiger partial charge in [0.25, 0.3) is 5.91 Å². The van der Waals surface area contributed by atoms with Crippen molar-refractivity contribution in [1.29, 1.82) is 0 Å². The molecule has 1 aromatic carbocycles. The summed E-state index contributed by atoms with van der Waals surface area (Å²) < 4.78 is 10.5. The van der Waals surface area contributed by atoms with E-state index in [1.807, 2.05) is 0 Å². The molecule has 2 rings (SSSR count). The Hall–Kier alpha value is -2.44. The molecule has 0 atom stereocenters. The van der Waals surface area contributed by atoms with Gasteiger partial charge in [0.2, 0.25) is 0 Å². The minimum Gasteiger partial charge on any atom is -0.497 e. The maximum absolute atomic E-state index is 12.8. The van der Waals surface area contributed by atoms with Gasteiger partial charge in [0.05, 0.1) is 14.2 Å². The predicted molar refractivity (Wildman–Crippen MR) is 99.9 cm³/mol. The number of benzene rings is 1. The van der Waals surface area contributed by atoms with E-state index in [-0.39, 0.29) is 17.4 Å². The van der Waals surface area contributed by atoms with Gasteiger partial charge in [-0.15, -0.1) is 0 Å². The van der Waals surface area contributed by atoms with Crippen molar-refractivity contribution in [2.45, 2.75) is 20.8 Å². The van der Waals surface area contributed by atoms with Crippen LogP contribution in [0.15, 0.2) is 18.2 Å². The highest BCUT2D eigenvalue weighted by molar-refractivity contribution is 5.95. The molecule has 7 heteroatoms. The van der Waals surface area contributed by atoms with E-state index < -0.39 is 0 Å². The van der Waals surface area contributed by atoms with Crippen LogP contribution in [0.3, 0.4) is 0 Å². The molecule has 0 unspecified atom stereocenters. The van der Waals surface area contributed by atoms with Crippen LogP contribution in [0.4, 0.5) is 4.79 Å². The fourth-order valence-corrected chi connectivity index (χ4v) is 2.68. The summed E-state index contributed by atoms with van der Waals surface area (Å²) in [5.41, 5.74) is 0.561. The molecule has 0 aliphatic carbocycles. The number of carbonyl (C=O) groups excluding carboxylic acids is 2. The van der Waals surface area contributed by atoms with Crippen molar-refractivity contribution < 1.29 is 19.1 Å². The van der Waals surface area contributed by atoms with E-state index in [1.54, 1.807) is 42.2 Å². The maximum atomic E-state index is 12.8. The standard InChI is InChI=1S/C19H29N3O4/c1-19(2,3)13-20-18(24)22-8-6-21(7-9-22)17(23)14-10-15(25-4)12-16(11-14)26-5/h10-12H,6-9,13H2,1-5H3,(H,20,24). The Bertz CT molecular complexity index is 624. The van der Waals surface area contributed by atoms with Crippen LogP contribution in [0.2, 0.25) is 0 Å². The van der Waals surface area contributed by atoms with Crippen LogP contribution < -0.4 is 14.8 Å². The van der Waals surface area contributed by atoms with Crippen molar-refractivity contribution in [1.82, 2.24) is 15.1 Å². The van der Waals surface area contributed by atoms with Gasteiger partial charge in [0.15, 0.2) is 0 Å². The first kappa shape index (κ1) is 19.9. The van der Waals surface area contributed by atoms with Crippen LogP contribution in [0.1, 0.15) is 31.1 Å². The Balaban J connectivity index is 1.95. The number of hydrogen-bond donors (Lipinski definition) is 1. The summed E-state index contributed by atoms with van der Waals surface area (Å²) >= 11 is 0. The first-order valence-corrected chi connectivity index (χ1v) is 8.78. The Kier molecular flexibility index (Phi) is 6.34. The number of amides is 3. The minimum absolute atomic E-state index is 0.0405. The second-order valence-electron chi connectivity index (χ2n) is 7.60.